The summed E-state index contributed by atoms with van der Waals surface area (Å²) in [5.41, 5.74) is 4.45. The lowest BCUT2D eigenvalue weighted by atomic mass is 9.91. The zero-order valence-corrected chi connectivity index (χ0v) is 24.5. The molecule has 1 aliphatic carbocycles. The minimum Gasteiger partial charge on any atom is -0.313 e. The molecule has 0 unspecified atom stereocenters. The van der Waals surface area contributed by atoms with Gasteiger partial charge in [-0.3, -0.25) is 0 Å². The highest BCUT2D eigenvalue weighted by Crippen LogP contribution is 2.33. The van der Waals surface area contributed by atoms with Crippen LogP contribution in [0.3, 0.4) is 0 Å². The molecule has 0 radical (unpaired) electrons. The fraction of sp³-hybridized carbons (Fsp3) is 0.364. The highest BCUT2D eigenvalue weighted by atomic mass is 32.2. The predicted molar refractivity (Wildman–Crippen MR) is 163 cm³/mol. The van der Waals surface area contributed by atoms with Gasteiger partial charge in [-0.25, -0.2) is 13.4 Å². The molecule has 0 amide bonds. The van der Waals surface area contributed by atoms with E-state index >= 15 is 0 Å². The SMILES string of the molecule is O=S(=O)(c1ccc(-c2csc(=Nc3ccccc3)n2C2CCCCC2)cc1)N1CCC(Cc2ccccc2)CC1. The Labute approximate surface area is 241 Å². The van der Waals surface area contributed by atoms with E-state index in [0.717, 1.165) is 53.9 Å². The van der Waals surface area contributed by atoms with Crippen molar-refractivity contribution in [3.8, 4) is 11.3 Å². The van der Waals surface area contributed by atoms with Gasteiger partial charge in [0.25, 0.3) is 0 Å². The molecule has 1 aromatic heterocycles. The molecular formula is C33H37N3O2S2. The lowest BCUT2D eigenvalue weighted by molar-refractivity contribution is 0.273. The summed E-state index contributed by atoms with van der Waals surface area (Å²) in [5, 5.41) is 2.18. The Morgan fingerprint density at radius 1 is 0.775 bits per heavy atom. The third kappa shape index (κ3) is 6.02. The van der Waals surface area contributed by atoms with Gasteiger partial charge >= 0.3 is 0 Å². The van der Waals surface area contributed by atoms with Crippen molar-refractivity contribution in [1.82, 2.24) is 8.87 Å². The van der Waals surface area contributed by atoms with E-state index in [1.54, 1.807) is 27.8 Å². The second-order valence-corrected chi connectivity index (χ2v) is 13.8. The average molecular weight is 572 g/mol. The van der Waals surface area contributed by atoms with Gasteiger partial charge in [-0.05, 0) is 73.4 Å². The molecule has 7 heteroatoms. The first-order chi connectivity index (χ1) is 19.6. The van der Waals surface area contributed by atoms with Crippen LogP contribution in [0.25, 0.3) is 11.3 Å². The van der Waals surface area contributed by atoms with Crippen LogP contribution in [-0.2, 0) is 16.4 Å². The zero-order chi connectivity index (χ0) is 27.4. The minimum atomic E-state index is -3.51. The number of aromatic nitrogens is 1. The maximum Gasteiger partial charge on any atom is 0.243 e. The van der Waals surface area contributed by atoms with Crippen LogP contribution in [0.2, 0.25) is 0 Å². The molecule has 0 bridgehead atoms. The van der Waals surface area contributed by atoms with Crippen molar-refractivity contribution in [2.24, 2.45) is 10.9 Å². The van der Waals surface area contributed by atoms with Gasteiger partial charge in [0.1, 0.15) is 0 Å². The quantitative estimate of drug-likeness (QED) is 0.229. The van der Waals surface area contributed by atoms with Crippen LogP contribution in [0.5, 0.6) is 0 Å². The maximum atomic E-state index is 13.5. The van der Waals surface area contributed by atoms with Gasteiger partial charge in [0.15, 0.2) is 4.80 Å². The van der Waals surface area contributed by atoms with Crippen LogP contribution in [0, 0.1) is 5.92 Å². The van der Waals surface area contributed by atoms with Crippen molar-refractivity contribution in [1.29, 1.82) is 0 Å². The lowest BCUT2D eigenvalue weighted by Crippen LogP contribution is -2.38. The molecule has 0 atom stereocenters. The first-order valence-electron chi connectivity index (χ1n) is 14.5. The molecule has 1 saturated heterocycles. The number of piperidine rings is 1. The Balaban J connectivity index is 1.22. The van der Waals surface area contributed by atoms with Gasteiger partial charge in [-0.2, -0.15) is 4.31 Å². The smallest absolute Gasteiger partial charge is 0.243 e. The van der Waals surface area contributed by atoms with Crippen LogP contribution in [0.15, 0.2) is 100 Å². The van der Waals surface area contributed by atoms with Gasteiger partial charge < -0.3 is 4.57 Å². The van der Waals surface area contributed by atoms with Gasteiger partial charge in [0, 0.05) is 24.5 Å². The van der Waals surface area contributed by atoms with Crippen LogP contribution >= 0.6 is 11.3 Å². The molecular weight excluding hydrogens is 535 g/mol. The molecule has 1 saturated carbocycles. The van der Waals surface area contributed by atoms with E-state index in [-0.39, 0.29) is 0 Å². The second-order valence-electron chi connectivity index (χ2n) is 11.1. The molecule has 3 aromatic carbocycles. The minimum absolute atomic E-state index is 0.381. The largest absolute Gasteiger partial charge is 0.313 e. The van der Waals surface area contributed by atoms with Crippen molar-refractivity contribution < 1.29 is 8.42 Å². The van der Waals surface area contributed by atoms with E-state index in [1.807, 2.05) is 48.5 Å². The molecule has 1 aliphatic heterocycles. The number of nitrogens with zero attached hydrogens (tertiary/aromatic N) is 3. The predicted octanol–water partition coefficient (Wildman–Crippen LogP) is 7.60. The highest BCUT2D eigenvalue weighted by molar-refractivity contribution is 7.89. The summed E-state index contributed by atoms with van der Waals surface area (Å²) >= 11 is 1.66. The lowest BCUT2D eigenvalue weighted by Gasteiger charge is -2.31. The number of sulfonamides is 1. The fourth-order valence-corrected chi connectivity index (χ4v) is 8.62. The first kappa shape index (κ1) is 27.2. The molecule has 208 valence electrons. The summed E-state index contributed by atoms with van der Waals surface area (Å²) in [5.74, 6) is 0.528. The number of thiazole rings is 1. The van der Waals surface area contributed by atoms with E-state index in [0.29, 0.717) is 29.9 Å². The number of para-hydroxylation sites is 1. The topological polar surface area (TPSA) is 54.7 Å². The van der Waals surface area contributed by atoms with Gasteiger partial charge in [-0.15, -0.1) is 11.3 Å². The molecule has 5 nitrogen and oxygen atoms in total. The number of benzene rings is 3. The Hall–Kier alpha value is -3.00. The third-order valence-corrected chi connectivity index (χ3v) is 11.1. The zero-order valence-electron chi connectivity index (χ0n) is 22.9. The van der Waals surface area contributed by atoms with Crippen LogP contribution < -0.4 is 4.80 Å². The third-order valence-electron chi connectivity index (χ3n) is 8.39. The van der Waals surface area contributed by atoms with E-state index in [9.17, 15) is 8.42 Å². The molecule has 6 rings (SSSR count). The first-order valence-corrected chi connectivity index (χ1v) is 16.8. The highest BCUT2D eigenvalue weighted by Gasteiger charge is 2.29. The van der Waals surface area contributed by atoms with Gasteiger partial charge in [0.2, 0.25) is 10.0 Å². The summed E-state index contributed by atoms with van der Waals surface area (Å²) < 4.78 is 31.1. The van der Waals surface area contributed by atoms with Crippen molar-refractivity contribution in [3.63, 3.8) is 0 Å². The second kappa shape index (κ2) is 12.2. The van der Waals surface area contributed by atoms with Crippen LogP contribution in [0.4, 0.5) is 5.69 Å². The number of rotatable bonds is 7. The van der Waals surface area contributed by atoms with E-state index in [2.05, 4.69) is 34.2 Å². The number of hydrogen-bond acceptors (Lipinski definition) is 4. The van der Waals surface area contributed by atoms with Crippen molar-refractivity contribution in [3.05, 3.63) is 101 Å². The van der Waals surface area contributed by atoms with E-state index in [4.69, 9.17) is 4.99 Å². The summed E-state index contributed by atoms with van der Waals surface area (Å²) in [6.45, 7) is 1.16. The summed E-state index contributed by atoms with van der Waals surface area (Å²) in [7, 11) is -3.51. The fourth-order valence-electron chi connectivity index (χ4n) is 6.17. The van der Waals surface area contributed by atoms with Crippen molar-refractivity contribution >= 4 is 27.0 Å². The molecule has 0 N–H and O–H groups in total. The molecule has 2 aliphatic rings. The average Bonchev–Trinajstić information content (AvgIpc) is 3.42. The Morgan fingerprint density at radius 3 is 2.10 bits per heavy atom. The normalized spacial score (nSPS) is 18.2. The van der Waals surface area contributed by atoms with E-state index < -0.39 is 10.0 Å². The maximum absolute atomic E-state index is 13.5. The molecule has 2 heterocycles. The number of hydrogen-bond donors (Lipinski definition) is 0. The van der Waals surface area contributed by atoms with E-state index in [1.165, 1.54) is 24.8 Å². The molecule has 2 fully saturated rings. The Bertz CT molecular complexity index is 1560. The van der Waals surface area contributed by atoms with Crippen LogP contribution in [0.1, 0.15) is 56.6 Å². The summed E-state index contributed by atoms with van der Waals surface area (Å²) in [4.78, 5) is 6.38. The monoisotopic (exact) mass is 571 g/mol. The molecule has 0 spiro atoms. The van der Waals surface area contributed by atoms with Crippen molar-refractivity contribution in [2.45, 2.75) is 62.3 Å². The van der Waals surface area contributed by atoms with Crippen molar-refractivity contribution in [2.75, 3.05) is 13.1 Å². The molecule has 4 aromatic rings. The Kier molecular flexibility index (Phi) is 8.32. The van der Waals surface area contributed by atoms with Crippen LogP contribution in [-0.4, -0.2) is 30.4 Å². The van der Waals surface area contributed by atoms with Gasteiger partial charge in [0.05, 0.1) is 16.3 Å². The molecule has 40 heavy (non-hydrogen) atoms. The summed E-state index contributed by atoms with van der Waals surface area (Å²) in [6, 6.07) is 28.6. The van der Waals surface area contributed by atoms with Gasteiger partial charge in [-0.1, -0.05) is 79.9 Å². The summed E-state index contributed by atoms with van der Waals surface area (Å²) in [6.07, 6.45) is 8.87. The standard InChI is InChI=1S/C33H37N3O2S2/c37-40(38,35-22-20-27(21-23-35)24-26-10-4-1-5-11-26)31-18-16-28(17-19-31)32-25-39-33(34-29-12-6-2-7-13-29)36(32)30-14-8-3-9-15-30/h1-2,4-7,10-13,16-19,25,27,30H,3,8-9,14-15,20-24H2. The Morgan fingerprint density at radius 2 is 1.43 bits per heavy atom.